The molecule has 46 heavy (non-hydrogen) atoms. The predicted molar refractivity (Wildman–Crippen MR) is 163 cm³/mol. The van der Waals surface area contributed by atoms with E-state index in [1.807, 2.05) is 0 Å². The standard InChI is InChI=1S/C32H38O14/c1-16(34)44-14-19-11-23(46-27-20(15-45-17(2)35)12-22(38-4)30(41-7)32(27)43-9)28(39-5)26(36)24(19)25-18(13-33)10-21(37-3)29(40-6)31(25)42-8/h10-12,33,36H,13-15H2,1-9H3. The van der Waals surface area contributed by atoms with Crippen molar-refractivity contribution in [3.05, 3.63) is 34.9 Å². The van der Waals surface area contributed by atoms with Gasteiger partial charge in [-0.2, -0.15) is 0 Å². The number of benzene rings is 3. The zero-order valence-electron chi connectivity index (χ0n) is 27.1. The van der Waals surface area contributed by atoms with Crippen LogP contribution in [0.25, 0.3) is 11.1 Å². The second-order valence-electron chi connectivity index (χ2n) is 9.42. The molecule has 0 amide bonds. The molecule has 3 rings (SSSR count). The van der Waals surface area contributed by atoms with E-state index in [-0.39, 0.29) is 87.2 Å². The molecule has 3 aromatic rings. The lowest BCUT2D eigenvalue weighted by Gasteiger charge is -2.24. The number of hydrogen-bond donors (Lipinski definition) is 2. The van der Waals surface area contributed by atoms with Crippen molar-refractivity contribution in [1.82, 2.24) is 0 Å². The molecule has 14 nitrogen and oxygen atoms in total. The van der Waals surface area contributed by atoms with Gasteiger partial charge in [-0.25, -0.2) is 0 Å². The smallest absolute Gasteiger partial charge is 0.302 e. The number of esters is 2. The number of ether oxygens (including phenoxy) is 10. The number of aliphatic hydroxyl groups is 1. The van der Waals surface area contributed by atoms with E-state index in [2.05, 4.69) is 0 Å². The third-order valence-electron chi connectivity index (χ3n) is 6.77. The Hall–Kier alpha value is -5.24. The average molecular weight is 647 g/mol. The van der Waals surface area contributed by atoms with Crippen LogP contribution in [0.5, 0.6) is 57.5 Å². The second kappa shape index (κ2) is 15.7. The minimum Gasteiger partial charge on any atom is -0.504 e. The molecule has 0 saturated heterocycles. The number of methoxy groups -OCH3 is 7. The van der Waals surface area contributed by atoms with Gasteiger partial charge < -0.3 is 57.6 Å². The summed E-state index contributed by atoms with van der Waals surface area (Å²) in [6.07, 6.45) is 0. The fourth-order valence-electron chi connectivity index (χ4n) is 4.82. The van der Waals surface area contributed by atoms with Gasteiger partial charge >= 0.3 is 11.9 Å². The number of hydrogen-bond acceptors (Lipinski definition) is 14. The molecule has 0 aliphatic heterocycles. The van der Waals surface area contributed by atoms with Gasteiger partial charge in [-0.15, -0.1) is 0 Å². The van der Waals surface area contributed by atoms with Crippen molar-refractivity contribution in [3.63, 3.8) is 0 Å². The Labute approximate surface area is 266 Å². The van der Waals surface area contributed by atoms with Gasteiger partial charge in [-0.05, 0) is 23.8 Å². The summed E-state index contributed by atoms with van der Waals surface area (Å²) in [6, 6.07) is 4.54. The van der Waals surface area contributed by atoms with Crippen LogP contribution in [0.15, 0.2) is 18.2 Å². The van der Waals surface area contributed by atoms with Gasteiger partial charge in [-0.3, -0.25) is 9.59 Å². The molecule has 0 radical (unpaired) electrons. The molecule has 3 aromatic carbocycles. The minimum absolute atomic E-state index is 0.0463. The lowest BCUT2D eigenvalue weighted by molar-refractivity contribution is -0.143. The van der Waals surface area contributed by atoms with Gasteiger partial charge in [0.15, 0.2) is 34.5 Å². The summed E-state index contributed by atoms with van der Waals surface area (Å²) in [5, 5.41) is 22.2. The van der Waals surface area contributed by atoms with Gasteiger partial charge in [0.05, 0.1) is 56.4 Å². The van der Waals surface area contributed by atoms with Crippen LogP contribution >= 0.6 is 0 Å². The van der Waals surface area contributed by atoms with Crippen molar-refractivity contribution in [1.29, 1.82) is 0 Å². The van der Waals surface area contributed by atoms with Crippen LogP contribution in [0.2, 0.25) is 0 Å². The SMILES string of the molecule is COc1cc(COC(C)=O)c(Oc2cc(COC(C)=O)c(-c3c(CO)cc(OC)c(OC)c3OC)c(O)c2OC)c(OC)c1OC. The zero-order valence-corrected chi connectivity index (χ0v) is 27.1. The minimum atomic E-state index is -0.601. The van der Waals surface area contributed by atoms with Crippen molar-refractivity contribution in [2.75, 3.05) is 49.8 Å². The zero-order chi connectivity index (χ0) is 34.1. The highest BCUT2D eigenvalue weighted by molar-refractivity contribution is 5.88. The van der Waals surface area contributed by atoms with E-state index in [0.29, 0.717) is 5.56 Å². The van der Waals surface area contributed by atoms with Crippen molar-refractivity contribution in [3.8, 4) is 68.6 Å². The molecule has 0 unspecified atom stereocenters. The number of carbonyl (C=O) groups excluding carboxylic acids is 2. The Kier molecular flexibility index (Phi) is 12.0. The summed E-state index contributed by atoms with van der Waals surface area (Å²) >= 11 is 0. The molecular formula is C32H38O14. The van der Waals surface area contributed by atoms with Crippen LogP contribution in [-0.2, 0) is 38.9 Å². The maximum atomic E-state index is 11.9. The molecule has 0 heterocycles. The number of aromatic hydroxyl groups is 1. The third kappa shape index (κ3) is 7.01. The van der Waals surface area contributed by atoms with Gasteiger partial charge in [0, 0.05) is 36.1 Å². The topological polar surface area (TPSA) is 167 Å². The molecule has 0 bridgehead atoms. The first-order valence-corrected chi connectivity index (χ1v) is 13.7. The molecule has 2 N–H and O–H groups in total. The number of rotatable bonds is 15. The monoisotopic (exact) mass is 646 g/mol. The molecule has 0 saturated carbocycles. The van der Waals surface area contributed by atoms with Gasteiger partial charge in [-0.1, -0.05) is 0 Å². The molecule has 0 aromatic heterocycles. The highest BCUT2D eigenvalue weighted by Crippen LogP contribution is 2.56. The first-order chi connectivity index (χ1) is 22.0. The molecule has 250 valence electrons. The average Bonchev–Trinajstić information content (AvgIpc) is 3.05. The number of phenolic OH excluding ortho intramolecular Hbond substituents is 1. The lowest BCUT2D eigenvalue weighted by atomic mass is 9.92. The molecule has 14 heteroatoms. The first kappa shape index (κ1) is 35.2. The van der Waals surface area contributed by atoms with Gasteiger partial charge in [0.25, 0.3) is 0 Å². The molecule has 0 fully saturated rings. The Balaban J connectivity index is 2.44. The van der Waals surface area contributed by atoms with Crippen LogP contribution in [0.3, 0.4) is 0 Å². The van der Waals surface area contributed by atoms with Crippen LogP contribution in [-0.4, -0.2) is 71.9 Å². The van der Waals surface area contributed by atoms with E-state index >= 15 is 0 Å². The van der Waals surface area contributed by atoms with Gasteiger partial charge in [0.1, 0.15) is 13.2 Å². The highest BCUT2D eigenvalue weighted by Gasteiger charge is 2.31. The van der Waals surface area contributed by atoms with E-state index in [1.54, 1.807) is 6.07 Å². The molecular weight excluding hydrogens is 608 g/mol. The van der Waals surface area contributed by atoms with Gasteiger partial charge in [0.2, 0.25) is 23.0 Å². The van der Waals surface area contributed by atoms with E-state index in [9.17, 15) is 19.8 Å². The highest BCUT2D eigenvalue weighted by atomic mass is 16.6. The van der Waals surface area contributed by atoms with Crippen molar-refractivity contribution >= 4 is 11.9 Å². The number of phenols is 1. The van der Waals surface area contributed by atoms with Crippen molar-refractivity contribution < 1.29 is 67.2 Å². The fraction of sp³-hybridized carbons (Fsp3) is 0.375. The van der Waals surface area contributed by atoms with E-state index in [4.69, 9.17) is 47.4 Å². The van der Waals surface area contributed by atoms with Crippen molar-refractivity contribution in [2.45, 2.75) is 33.7 Å². The number of carbonyl (C=O) groups is 2. The Morgan fingerprint density at radius 1 is 0.543 bits per heavy atom. The Bertz CT molecular complexity index is 1580. The summed E-state index contributed by atoms with van der Waals surface area (Å²) < 4.78 is 55.8. The first-order valence-electron chi connectivity index (χ1n) is 13.7. The predicted octanol–water partition coefficient (Wildman–Crippen LogP) is 4.53. The van der Waals surface area contributed by atoms with E-state index in [1.165, 1.54) is 75.7 Å². The fourth-order valence-corrected chi connectivity index (χ4v) is 4.82. The Morgan fingerprint density at radius 2 is 1.00 bits per heavy atom. The van der Waals surface area contributed by atoms with Crippen LogP contribution in [0.4, 0.5) is 0 Å². The Morgan fingerprint density at radius 3 is 1.46 bits per heavy atom. The maximum Gasteiger partial charge on any atom is 0.302 e. The summed E-state index contributed by atoms with van der Waals surface area (Å²) in [5.74, 6) is -0.675. The summed E-state index contributed by atoms with van der Waals surface area (Å²) in [4.78, 5) is 23.6. The summed E-state index contributed by atoms with van der Waals surface area (Å²) in [7, 11) is 9.73. The van der Waals surface area contributed by atoms with E-state index < -0.39 is 24.3 Å². The molecule has 0 spiro atoms. The van der Waals surface area contributed by atoms with E-state index in [0.717, 1.165) is 0 Å². The molecule has 0 aliphatic carbocycles. The number of aliphatic hydroxyl groups excluding tert-OH is 1. The largest absolute Gasteiger partial charge is 0.504 e. The lowest BCUT2D eigenvalue weighted by Crippen LogP contribution is -2.07. The quantitative estimate of drug-likeness (QED) is 0.221. The normalized spacial score (nSPS) is 10.5. The van der Waals surface area contributed by atoms with Crippen LogP contribution in [0.1, 0.15) is 30.5 Å². The van der Waals surface area contributed by atoms with Crippen molar-refractivity contribution in [2.24, 2.45) is 0 Å². The summed E-state index contributed by atoms with van der Waals surface area (Å²) in [5.41, 5.74) is 1.14. The van der Waals surface area contributed by atoms with Crippen LogP contribution in [0, 0.1) is 0 Å². The second-order valence-corrected chi connectivity index (χ2v) is 9.42. The summed E-state index contributed by atoms with van der Waals surface area (Å²) in [6.45, 7) is 1.40. The van der Waals surface area contributed by atoms with Crippen LogP contribution < -0.4 is 37.9 Å². The molecule has 0 aliphatic rings. The maximum absolute atomic E-state index is 11.9. The molecule has 0 atom stereocenters. The third-order valence-corrected chi connectivity index (χ3v) is 6.77.